The third kappa shape index (κ3) is 2.65. The zero-order chi connectivity index (χ0) is 15.0. The minimum atomic E-state index is 0.373. The van der Waals surface area contributed by atoms with Crippen LogP contribution in [0, 0.1) is 17.3 Å². The first-order chi connectivity index (χ1) is 10.0. The summed E-state index contributed by atoms with van der Waals surface area (Å²) in [5.41, 5.74) is 2.14. The molecule has 0 aromatic heterocycles. The molecule has 1 heterocycles. The van der Waals surface area contributed by atoms with Gasteiger partial charge in [-0.2, -0.15) is 0 Å². The Morgan fingerprint density at radius 3 is 2.90 bits per heavy atom. The van der Waals surface area contributed by atoms with Gasteiger partial charge in [-0.05, 0) is 62.9 Å². The van der Waals surface area contributed by atoms with Crippen LogP contribution in [0.1, 0.15) is 52.4 Å². The van der Waals surface area contributed by atoms with Gasteiger partial charge in [0.25, 0.3) is 0 Å². The number of rotatable bonds is 6. The van der Waals surface area contributed by atoms with Crippen LogP contribution in [-0.4, -0.2) is 37.0 Å². The summed E-state index contributed by atoms with van der Waals surface area (Å²) in [5, 5.41) is 3.21. The molecule has 0 radical (unpaired) electrons. The van der Waals surface area contributed by atoms with Crippen LogP contribution in [0.4, 0.5) is 0 Å². The summed E-state index contributed by atoms with van der Waals surface area (Å²) in [6, 6.07) is 0.469. The molecule has 0 aromatic carbocycles. The van der Waals surface area contributed by atoms with Crippen molar-refractivity contribution in [3.8, 4) is 0 Å². The zero-order valence-corrected chi connectivity index (χ0v) is 13.8. The molecule has 2 fully saturated rings. The van der Waals surface area contributed by atoms with Gasteiger partial charge in [-0.25, -0.2) is 0 Å². The Kier molecular flexibility index (Phi) is 4.13. The van der Waals surface area contributed by atoms with E-state index >= 15 is 0 Å². The summed E-state index contributed by atoms with van der Waals surface area (Å²) < 4.78 is 0. The molecule has 1 aliphatic heterocycles. The maximum absolute atomic E-state index is 12.1. The molecular formula is C18H30N2O. The first kappa shape index (κ1) is 15.1. The van der Waals surface area contributed by atoms with Gasteiger partial charge >= 0.3 is 0 Å². The number of nitrogens with zero attached hydrogens (tertiary/aromatic N) is 1. The molecule has 1 N–H and O–H groups in total. The van der Waals surface area contributed by atoms with Gasteiger partial charge in [-0.15, -0.1) is 0 Å². The lowest BCUT2D eigenvalue weighted by atomic mass is 9.48. The smallest absolute Gasteiger partial charge is 0.222 e. The molecule has 2 bridgehead atoms. The second-order valence-corrected chi connectivity index (χ2v) is 7.74. The van der Waals surface area contributed by atoms with Crippen LogP contribution in [-0.2, 0) is 4.79 Å². The first-order valence-electron chi connectivity index (χ1n) is 8.67. The second kappa shape index (κ2) is 5.75. The molecule has 21 heavy (non-hydrogen) atoms. The van der Waals surface area contributed by atoms with Gasteiger partial charge < -0.3 is 10.2 Å². The zero-order valence-electron chi connectivity index (χ0n) is 13.8. The first-order valence-corrected chi connectivity index (χ1v) is 8.67. The topological polar surface area (TPSA) is 32.3 Å². The highest BCUT2D eigenvalue weighted by molar-refractivity contribution is 5.78. The third-order valence-electron chi connectivity index (χ3n) is 6.40. The van der Waals surface area contributed by atoms with E-state index in [-0.39, 0.29) is 0 Å². The highest BCUT2D eigenvalue weighted by Crippen LogP contribution is 2.59. The fraction of sp³-hybridized carbons (Fsp3) is 0.833. The lowest BCUT2D eigenvalue weighted by Gasteiger charge is -2.56. The fourth-order valence-electron chi connectivity index (χ4n) is 4.72. The molecule has 4 rings (SSSR count). The number of allylic oxidation sites excluding steroid dienone is 1. The number of hydrogen-bond donors (Lipinski definition) is 1. The van der Waals surface area contributed by atoms with Gasteiger partial charge in [-0.3, -0.25) is 4.79 Å². The van der Waals surface area contributed by atoms with E-state index in [9.17, 15) is 4.79 Å². The van der Waals surface area contributed by atoms with E-state index < -0.39 is 0 Å². The van der Waals surface area contributed by atoms with E-state index in [1.807, 2.05) is 7.05 Å². The van der Waals surface area contributed by atoms with E-state index in [1.165, 1.54) is 12.8 Å². The maximum Gasteiger partial charge on any atom is 0.222 e. The van der Waals surface area contributed by atoms with E-state index in [2.05, 4.69) is 30.1 Å². The summed E-state index contributed by atoms with van der Waals surface area (Å²) in [6.45, 7) is 6.80. The molecule has 3 aliphatic carbocycles. The van der Waals surface area contributed by atoms with Crippen molar-refractivity contribution in [2.45, 2.75) is 58.4 Å². The number of carbonyl (C=O) groups is 1. The SMILES string of the molecule is CNCCC1CCC(=O)N1CCC1=CC[C@H]2C[C@@H]1C2(C)C. The molecule has 1 unspecified atom stereocenters. The lowest BCUT2D eigenvalue weighted by Crippen LogP contribution is -2.48. The highest BCUT2D eigenvalue weighted by Gasteiger charge is 2.50. The number of hydrogen-bond acceptors (Lipinski definition) is 2. The molecule has 1 saturated carbocycles. The van der Waals surface area contributed by atoms with Crippen LogP contribution < -0.4 is 5.32 Å². The molecule has 4 aliphatic rings. The summed E-state index contributed by atoms with van der Waals surface area (Å²) in [7, 11) is 1.99. The van der Waals surface area contributed by atoms with Gasteiger partial charge in [0, 0.05) is 19.0 Å². The Labute approximate surface area is 129 Å². The van der Waals surface area contributed by atoms with Crippen molar-refractivity contribution in [2.24, 2.45) is 17.3 Å². The summed E-state index contributed by atoms with van der Waals surface area (Å²) >= 11 is 0. The lowest BCUT2D eigenvalue weighted by molar-refractivity contribution is -0.129. The van der Waals surface area contributed by atoms with Crippen LogP contribution in [0.3, 0.4) is 0 Å². The van der Waals surface area contributed by atoms with Crippen LogP contribution in [0.25, 0.3) is 0 Å². The van der Waals surface area contributed by atoms with E-state index in [4.69, 9.17) is 0 Å². The Morgan fingerprint density at radius 1 is 1.43 bits per heavy atom. The number of carbonyl (C=O) groups excluding carboxylic acids is 1. The number of fused-ring (bicyclic) bond motifs is 1. The van der Waals surface area contributed by atoms with E-state index in [0.29, 0.717) is 17.4 Å². The predicted octanol–water partition coefficient (Wildman–Crippen LogP) is 2.97. The largest absolute Gasteiger partial charge is 0.339 e. The molecule has 3 heteroatoms. The maximum atomic E-state index is 12.1. The number of nitrogens with one attached hydrogen (secondary N) is 1. The average Bonchev–Trinajstić information content (AvgIpc) is 2.83. The van der Waals surface area contributed by atoms with Gasteiger partial charge in [0.05, 0.1) is 0 Å². The Bertz CT molecular complexity index is 440. The van der Waals surface area contributed by atoms with Crippen molar-refractivity contribution in [3.63, 3.8) is 0 Å². The number of likely N-dealkylation sites (tertiary alicyclic amines) is 1. The van der Waals surface area contributed by atoms with Crippen molar-refractivity contribution in [2.75, 3.05) is 20.1 Å². The number of amides is 1. The monoisotopic (exact) mass is 290 g/mol. The highest BCUT2D eigenvalue weighted by atomic mass is 16.2. The summed E-state index contributed by atoms with van der Waals surface area (Å²) in [6.07, 6.45) is 9.13. The van der Waals surface area contributed by atoms with Crippen molar-refractivity contribution in [3.05, 3.63) is 11.6 Å². The standard InChI is InChI=1S/C18H30N2O/c1-18(2)14-5-4-13(16(18)12-14)9-11-20-15(8-10-19-3)6-7-17(20)21/h4,14-16,19H,5-12H2,1-3H3/t14-,15?,16-/m0/s1. The van der Waals surface area contributed by atoms with Crippen molar-refractivity contribution >= 4 is 5.91 Å². The van der Waals surface area contributed by atoms with E-state index in [0.717, 1.165) is 50.6 Å². The third-order valence-corrected chi connectivity index (χ3v) is 6.40. The molecule has 0 aromatic rings. The Balaban J connectivity index is 1.57. The van der Waals surface area contributed by atoms with Crippen LogP contribution >= 0.6 is 0 Å². The van der Waals surface area contributed by atoms with Gasteiger partial charge in [0.2, 0.25) is 5.91 Å². The molecular weight excluding hydrogens is 260 g/mol. The molecule has 0 spiro atoms. The van der Waals surface area contributed by atoms with Crippen molar-refractivity contribution in [1.82, 2.24) is 10.2 Å². The van der Waals surface area contributed by atoms with E-state index in [1.54, 1.807) is 5.57 Å². The Morgan fingerprint density at radius 2 is 2.24 bits per heavy atom. The van der Waals surface area contributed by atoms with Crippen molar-refractivity contribution in [1.29, 1.82) is 0 Å². The fourth-order valence-corrected chi connectivity index (χ4v) is 4.72. The summed E-state index contributed by atoms with van der Waals surface area (Å²) in [4.78, 5) is 14.3. The quantitative estimate of drug-likeness (QED) is 0.763. The minimum Gasteiger partial charge on any atom is -0.339 e. The molecule has 3 atom stereocenters. The molecule has 118 valence electrons. The van der Waals surface area contributed by atoms with Crippen molar-refractivity contribution < 1.29 is 4.79 Å². The van der Waals surface area contributed by atoms with Gasteiger partial charge in [0.15, 0.2) is 0 Å². The van der Waals surface area contributed by atoms with Gasteiger partial charge in [-0.1, -0.05) is 25.5 Å². The second-order valence-electron chi connectivity index (χ2n) is 7.74. The van der Waals surface area contributed by atoms with Crippen LogP contribution in [0.15, 0.2) is 11.6 Å². The average molecular weight is 290 g/mol. The molecule has 3 nitrogen and oxygen atoms in total. The normalized spacial score (nSPS) is 33.9. The van der Waals surface area contributed by atoms with Crippen LogP contribution in [0.5, 0.6) is 0 Å². The summed E-state index contributed by atoms with van der Waals surface area (Å²) in [5.74, 6) is 2.06. The minimum absolute atomic E-state index is 0.373. The molecule has 1 amide bonds. The van der Waals surface area contributed by atoms with Crippen LogP contribution in [0.2, 0.25) is 0 Å². The molecule has 1 saturated heterocycles. The van der Waals surface area contributed by atoms with Gasteiger partial charge in [0.1, 0.15) is 0 Å². The Hall–Kier alpha value is -0.830. The predicted molar refractivity (Wildman–Crippen MR) is 86.0 cm³/mol.